The van der Waals surface area contributed by atoms with Gasteiger partial charge in [-0.2, -0.15) is 10.2 Å². The number of hydrogen-bond acceptors (Lipinski definition) is 7. The summed E-state index contributed by atoms with van der Waals surface area (Å²) in [4.78, 5) is 38.8. The lowest BCUT2D eigenvalue weighted by Crippen LogP contribution is -2.29. The van der Waals surface area contributed by atoms with Gasteiger partial charge in [-0.15, -0.1) is 0 Å². The Hall–Kier alpha value is -5.26. The van der Waals surface area contributed by atoms with E-state index in [9.17, 15) is 9.59 Å². The number of benzene rings is 1. The molecule has 0 aliphatic rings. The van der Waals surface area contributed by atoms with Gasteiger partial charge in [0.05, 0.1) is 34.9 Å². The third-order valence-corrected chi connectivity index (χ3v) is 6.75. The van der Waals surface area contributed by atoms with Crippen molar-refractivity contribution in [2.24, 2.45) is 0 Å². The first-order chi connectivity index (χ1) is 18.9. The van der Waals surface area contributed by atoms with Crippen LogP contribution in [-0.2, 0) is 0 Å². The molecule has 12 nitrogen and oxygen atoms in total. The number of hydrogen-bond donors (Lipinski definition) is 4. The quantitative estimate of drug-likeness (QED) is 0.251. The van der Waals surface area contributed by atoms with Gasteiger partial charge in [-0.25, -0.2) is 14.5 Å². The number of H-pyrrole nitrogens is 2. The molecule has 0 radical (unpaired) electrons. The molecule has 0 aliphatic heterocycles. The topological polar surface area (TPSA) is 151 Å². The van der Waals surface area contributed by atoms with Crippen molar-refractivity contribution >= 4 is 28.3 Å². The molecule has 6 rings (SSSR count). The summed E-state index contributed by atoms with van der Waals surface area (Å²) in [6.07, 6.45) is 8.20. The average Bonchev–Trinajstić information content (AvgIpc) is 3.70. The van der Waals surface area contributed by atoms with Crippen LogP contribution in [0.5, 0.6) is 0 Å². The summed E-state index contributed by atoms with van der Waals surface area (Å²) in [5, 5.41) is 18.4. The molecule has 5 aromatic heterocycles. The maximum Gasteiger partial charge on any atom is 0.282 e. The zero-order valence-corrected chi connectivity index (χ0v) is 21.5. The van der Waals surface area contributed by atoms with E-state index in [0.29, 0.717) is 39.4 Å². The van der Waals surface area contributed by atoms with Crippen LogP contribution >= 0.6 is 0 Å². The van der Waals surface area contributed by atoms with Crippen molar-refractivity contribution in [3.05, 3.63) is 100 Å². The highest BCUT2D eigenvalue weighted by Crippen LogP contribution is 2.27. The second-order valence-corrected chi connectivity index (χ2v) is 9.37. The number of carbonyl (C=O) groups excluding carboxylic acids is 1. The zero-order valence-electron chi connectivity index (χ0n) is 21.5. The number of carbonyl (C=O) groups is 1. The van der Waals surface area contributed by atoms with Gasteiger partial charge in [0.25, 0.3) is 11.5 Å². The smallest absolute Gasteiger partial charge is 0.282 e. The van der Waals surface area contributed by atoms with Crippen LogP contribution in [0.4, 0.5) is 5.82 Å². The minimum absolute atomic E-state index is 0.176. The molecule has 196 valence electrons. The van der Waals surface area contributed by atoms with E-state index < -0.39 is 6.04 Å². The van der Waals surface area contributed by atoms with Gasteiger partial charge in [0.1, 0.15) is 23.3 Å². The highest BCUT2D eigenvalue weighted by Gasteiger charge is 2.23. The van der Waals surface area contributed by atoms with E-state index in [1.807, 2.05) is 57.2 Å². The Morgan fingerprint density at radius 3 is 2.64 bits per heavy atom. The largest absolute Gasteiger partial charge is 0.360 e. The molecule has 12 heteroatoms. The van der Waals surface area contributed by atoms with Gasteiger partial charge in [-0.05, 0) is 44.5 Å². The highest BCUT2D eigenvalue weighted by molar-refractivity contribution is 6.09. The second-order valence-electron chi connectivity index (χ2n) is 9.37. The molecule has 0 aliphatic carbocycles. The molecule has 0 bridgehead atoms. The number of aromatic amines is 2. The first-order valence-electron chi connectivity index (χ1n) is 12.5. The van der Waals surface area contributed by atoms with Gasteiger partial charge in [-0.3, -0.25) is 19.3 Å². The van der Waals surface area contributed by atoms with Crippen LogP contribution < -0.4 is 16.2 Å². The first-order valence-corrected chi connectivity index (χ1v) is 12.5. The number of nitrogens with zero attached hydrogens (tertiary/aromatic N) is 6. The van der Waals surface area contributed by atoms with E-state index in [-0.39, 0.29) is 17.5 Å². The third kappa shape index (κ3) is 4.21. The molecule has 0 saturated heterocycles. The van der Waals surface area contributed by atoms with Crippen LogP contribution in [-0.4, -0.2) is 45.2 Å². The van der Waals surface area contributed by atoms with Crippen molar-refractivity contribution in [1.82, 2.24) is 44.6 Å². The maximum absolute atomic E-state index is 13.7. The molecule has 1 amide bonds. The van der Waals surface area contributed by atoms with Crippen molar-refractivity contribution < 1.29 is 4.79 Å². The summed E-state index contributed by atoms with van der Waals surface area (Å²) < 4.78 is 3.21. The molecule has 0 saturated carbocycles. The Labute approximate surface area is 222 Å². The number of para-hydroxylation sites is 1. The lowest BCUT2D eigenvalue weighted by atomic mass is 10.1. The Balaban J connectivity index is 1.40. The molecular weight excluding hydrogens is 496 g/mol. The Morgan fingerprint density at radius 2 is 1.87 bits per heavy atom. The molecule has 2 atom stereocenters. The third-order valence-electron chi connectivity index (χ3n) is 6.75. The van der Waals surface area contributed by atoms with Gasteiger partial charge in [-0.1, -0.05) is 18.2 Å². The molecule has 1 aromatic carbocycles. The van der Waals surface area contributed by atoms with E-state index >= 15 is 0 Å². The SMILES string of the molecule is Cc1ccn2nc(C(C)Nc3ncnc4[nH]cc(C(=O)NC(C)c5cn[nH]c5)c34)n(-c3ccccc3)c(=O)c12. The molecule has 2 unspecified atom stereocenters. The molecule has 0 spiro atoms. The Morgan fingerprint density at radius 1 is 1.05 bits per heavy atom. The van der Waals surface area contributed by atoms with E-state index in [1.165, 1.54) is 6.33 Å². The molecule has 4 N–H and O–H groups in total. The van der Waals surface area contributed by atoms with Gasteiger partial charge in [0.15, 0.2) is 5.82 Å². The summed E-state index contributed by atoms with van der Waals surface area (Å²) in [5.74, 6) is 0.632. The summed E-state index contributed by atoms with van der Waals surface area (Å²) in [5.41, 5.74) is 3.62. The molecule has 6 aromatic rings. The van der Waals surface area contributed by atoms with E-state index in [0.717, 1.165) is 11.1 Å². The van der Waals surface area contributed by atoms with Crippen molar-refractivity contribution in [2.45, 2.75) is 32.9 Å². The minimum Gasteiger partial charge on any atom is -0.360 e. The van der Waals surface area contributed by atoms with Crippen LogP contribution in [0.15, 0.2) is 72.3 Å². The first kappa shape index (κ1) is 24.1. The summed E-state index contributed by atoms with van der Waals surface area (Å²) in [7, 11) is 0. The predicted molar refractivity (Wildman–Crippen MR) is 146 cm³/mol. The van der Waals surface area contributed by atoms with Crippen LogP contribution in [0, 0.1) is 6.92 Å². The molecular formula is C27H26N10O2. The van der Waals surface area contributed by atoms with Crippen LogP contribution in [0.25, 0.3) is 22.2 Å². The predicted octanol–water partition coefficient (Wildman–Crippen LogP) is 3.45. The normalized spacial score (nSPS) is 13.0. The van der Waals surface area contributed by atoms with Crippen LogP contribution in [0.2, 0.25) is 0 Å². The molecule has 5 heterocycles. The number of fused-ring (bicyclic) bond motifs is 2. The summed E-state index contributed by atoms with van der Waals surface area (Å²) in [6.45, 7) is 5.66. The fraction of sp³-hybridized carbons (Fsp3) is 0.185. The van der Waals surface area contributed by atoms with Crippen molar-refractivity contribution in [2.75, 3.05) is 5.32 Å². The fourth-order valence-electron chi connectivity index (χ4n) is 4.71. The highest BCUT2D eigenvalue weighted by atomic mass is 16.1. The van der Waals surface area contributed by atoms with Crippen molar-refractivity contribution in [1.29, 1.82) is 0 Å². The second kappa shape index (κ2) is 9.56. The monoisotopic (exact) mass is 522 g/mol. The Bertz CT molecular complexity index is 1850. The van der Waals surface area contributed by atoms with Gasteiger partial charge in [0, 0.05) is 24.2 Å². The van der Waals surface area contributed by atoms with Crippen LogP contribution in [0.1, 0.15) is 53.2 Å². The fourth-order valence-corrected chi connectivity index (χ4v) is 4.71. The number of amides is 1. The summed E-state index contributed by atoms with van der Waals surface area (Å²) in [6, 6.07) is 10.5. The minimum atomic E-state index is -0.473. The number of aromatic nitrogens is 8. The zero-order chi connectivity index (χ0) is 27.1. The van der Waals surface area contributed by atoms with E-state index in [1.54, 1.807) is 33.9 Å². The lowest BCUT2D eigenvalue weighted by molar-refractivity contribution is 0.0941. The van der Waals surface area contributed by atoms with Crippen molar-refractivity contribution in [3.8, 4) is 5.69 Å². The van der Waals surface area contributed by atoms with Crippen LogP contribution in [0.3, 0.4) is 0 Å². The van der Waals surface area contributed by atoms with Gasteiger partial charge >= 0.3 is 0 Å². The van der Waals surface area contributed by atoms with E-state index in [2.05, 4.69) is 35.8 Å². The van der Waals surface area contributed by atoms with Gasteiger partial charge < -0.3 is 15.6 Å². The summed E-state index contributed by atoms with van der Waals surface area (Å²) >= 11 is 0. The van der Waals surface area contributed by atoms with Crippen molar-refractivity contribution in [3.63, 3.8) is 0 Å². The lowest BCUT2D eigenvalue weighted by Gasteiger charge is -2.20. The Kier molecular flexibility index (Phi) is 5.91. The number of anilines is 1. The number of aryl methyl sites for hydroxylation is 1. The van der Waals surface area contributed by atoms with Gasteiger partial charge in [0.2, 0.25) is 0 Å². The molecule has 39 heavy (non-hydrogen) atoms. The average molecular weight is 523 g/mol. The van der Waals surface area contributed by atoms with E-state index in [4.69, 9.17) is 5.10 Å². The number of rotatable bonds is 7. The maximum atomic E-state index is 13.7. The number of nitrogens with one attached hydrogen (secondary N) is 4. The molecule has 0 fully saturated rings. The standard InChI is InChI=1S/C27H26N10O2/c1-15-9-10-36-22(15)27(39)37(19-7-5-4-6-8-19)25(35-36)17(3)33-24-21-20(13-28-23(21)29-14-30-24)26(38)34-16(2)18-11-31-32-12-18/h4-14,16-17H,1-3H3,(H,31,32)(H,34,38)(H2,28,29,30,33).